The minimum absolute atomic E-state index is 0.0758. The van der Waals surface area contributed by atoms with Crippen molar-refractivity contribution < 1.29 is 14.7 Å². The van der Waals surface area contributed by atoms with Gasteiger partial charge in [0.15, 0.2) is 0 Å². The maximum Gasteiger partial charge on any atom is 0.315 e. The molecule has 2 aromatic carbocycles. The van der Waals surface area contributed by atoms with Gasteiger partial charge in [0.25, 0.3) is 5.91 Å². The van der Waals surface area contributed by atoms with Crippen LogP contribution in [0.4, 0.5) is 4.79 Å². The van der Waals surface area contributed by atoms with Crippen LogP contribution in [-0.2, 0) is 6.54 Å². The van der Waals surface area contributed by atoms with Crippen molar-refractivity contribution in [1.29, 1.82) is 0 Å². The number of benzene rings is 2. The van der Waals surface area contributed by atoms with Crippen molar-refractivity contribution >= 4 is 11.9 Å². The van der Waals surface area contributed by atoms with E-state index in [1.165, 1.54) is 6.42 Å². The van der Waals surface area contributed by atoms with E-state index < -0.39 is 6.10 Å². The van der Waals surface area contributed by atoms with Crippen LogP contribution in [0.2, 0.25) is 0 Å². The third-order valence-electron chi connectivity index (χ3n) is 4.94. The molecule has 0 aliphatic carbocycles. The quantitative estimate of drug-likeness (QED) is 0.720. The summed E-state index contributed by atoms with van der Waals surface area (Å²) in [4.78, 5) is 26.3. The van der Waals surface area contributed by atoms with Crippen molar-refractivity contribution in [2.75, 3.05) is 19.6 Å². The number of nitrogens with one attached hydrogen (secondary N) is 2. The summed E-state index contributed by atoms with van der Waals surface area (Å²) in [6.07, 6.45) is 2.59. The Morgan fingerprint density at radius 2 is 1.61 bits per heavy atom. The molecule has 28 heavy (non-hydrogen) atoms. The molecule has 6 heteroatoms. The first-order valence-electron chi connectivity index (χ1n) is 9.76. The second kappa shape index (κ2) is 9.90. The molecular formula is C22H27N3O3. The molecule has 0 spiro atoms. The van der Waals surface area contributed by atoms with Crippen LogP contribution in [0.15, 0.2) is 54.6 Å². The van der Waals surface area contributed by atoms with Gasteiger partial charge in [-0.25, -0.2) is 4.79 Å². The third kappa shape index (κ3) is 5.57. The number of amides is 3. The van der Waals surface area contributed by atoms with E-state index in [2.05, 4.69) is 10.6 Å². The van der Waals surface area contributed by atoms with Gasteiger partial charge in [0.2, 0.25) is 0 Å². The molecule has 0 saturated carbocycles. The molecule has 0 unspecified atom stereocenters. The highest BCUT2D eigenvalue weighted by atomic mass is 16.3. The number of urea groups is 1. The second-order valence-electron chi connectivity index (χ2n) is 7.04. The predicted molar refractivity (Wildman–Crippen MR) is 108 cm³/mol. The Hall–Kier alpha value is -2.86. The molecule has 6 nitrogen and oxygen atoms in total. The Balaban J connectivity index is 1.43. The fraction of sp³-hybridized carbons (Fsp3) is 0.364. The molecule has 0 radical (unpaired) electrons. The molecule has 1 saturated heterocycles. The molecule has 1 aliphatic heterocycles. The largest absolute Gasteiger partial charge is 0.387 e. The number of aliphatic hydroxyl groups is 1. The number of carbonyl (C=O) groups is 2. The van der Waals surface area contributed by atoms with Crippen LogP contribution >= 0.6 is 0 Å². The smallest absolute Gasteiger partial charge is 0.315 e. The summed E-state index contributed by atoms with van der Waals surface area (Å²) in [5.41, 5.74) is 2.35. The van der Waals surface area contributed by atoms with Crippen LogP contribution < -0.4 is 10.6 Å². The van der Waals surface area contributed by atoms with Crippen LogP contribution in [0.3, 0.4) is 0 Å². The first-order valence-corrected chi connectivity index (χ1v) is 9.76. The lowest BCUT2D eigenvalue weighted by Gasteiger charge is -2.26. The minimum atomic E-state index is -0.743. The molecule has 1 atom stereocenters. The SMILES string of the molecule is O=C(NCc1ccc(C(=O)N2CCCCC2)cc1)NC[C@H](O)c1ccccc1. The van der Waals surface area contributed by atoms with Gasteiger partial charge in [-0.1, -0.05) is 42.5 Å². The maximum atomic E-state index is 12.5. The number of aliphatic hydroxyl groups excluding tert-OH is 1. The highest BCUT2D eigenvalue weighted by Crippen LogP contribution is 2.14. The number of likely N-dealkylation sites (tertiary alicyclic amines) is 1. The monoisotopic (exact) mass is 381 g/mol. The fourth-order valence-electron chi connectivity index (χ4n) is 3.27. The van der Waals surface area contributed by atoms with Gasteiger partial charge in [-0.15, -0.1) is 0 Å². The zero-order valence-electron chi connectivity index (χ0n) is 15.9. The zero-order chi connectivity index (χ0) is 19.8. The molecule has 0 aromatic heterocycles. The molecular weight excluding hydrogens is 354 g/mol. The van der Waals surface area contributed by atoms with Gasteiger partial charge in [0.1, 0.15) is 0 Å². The van der Waals surface area contributed by atoms with E-state index >= 15 is 0 Å². The lowest BCUT2D eigenvalue weighted by molar-refractivity contribution is 0.0724. The minimum Gasteiger partial charge on any atom is -0.387 e. The first-order chi connectivity index (χ1) is 13.6. The number of hydrogen-bond acceptors (Lipinski definition) is 3. The Kier molecular flexibility index (Phi) is 7.03. The summed E-state index contributed by atoms with van der Waals surface area (Å²) in [7, 11) is 0. The van der Waals surface area contributed by atoms with Gasteiger partial charge < -0.3 is 20.6 Å². The first kappa shape index (κ1) is 19.9. The van der Waals surface area contributed by atoms with Crippen molar-refractivity contribution in [3.63, 3.8) is 0 Å². The molecule has 0 bridgehead atoms. The Morgan fingerprint density at radius 1 is 0.929 bits per heavy atom. The van der Waals surface area contributed by atoms with Gasteiger partial charge in [-0.2, -0.15) is 0 Å². The van der Waals surface area contributed by atoms with Gasteiger partial charge in [-0.3, -0.25) is 4.79 Å². The Morgan fingerprint density at radius 3 is 2.29 bits per heavy atom. The Bertz CT molecular complexity index is 771. The van der Waals surface area contributed by atoms with Gasteiger partial charge >= 0.3 is 6.03 Å². The molecule has 3 amide bonds. The van der Waals surface area contributed by atoms with Crippen molar-refractivity contribution in [3.05, 3.63) is 71.3 Å². The molecule has 148 valence electrons. The standard InChI is InChI=1S/C22H27N3O3/c26-20(18-7-3-1-4-8-18)16-24-22(28)23-15-17-9-11-19(12-10-17)21(27)25-13-5-2-6-14-25/h1,3-4,7-12,20,26H,2,5-6,13-16H2,(H2,23,24,28)/t20-/m0/s1. The number of hydrogen-bond donors (Lipinski definition) is 3. The summed E-state index contributed by atoms with van der Waals surface area (Å²) in [6.45, 7) is 2.15. The number of nitrogens with zero attached hydrogens (tertiary/aromatic N) is 1. The summed E-state index contributed by atoms with van der Waals surface area (Å²) < 4.78 is 0. The summed E-state index contributed by atoms with van der Waals surface area (Å²) in [5.74, 6) is 0.0758. The topological polar surface area (TPSA) is 81.7 Å². The number of carbonyl (C=O) groups excluding carboxylic acids is 2. The average Bonchev–Trinajstić information content (AvgIpc) is 2.77. The van der Waals surface area contributed by atoms with E-state index in [1.807, 2.05) is 59.5 Å². The van der Waals surface area contributed by atoms with Crippen LogP contribution in [0.5, 0.6) is 0 Å². The molecule has 2 aromatic rings. The summed E-state index contributed by atoms with van der Waals surface area (Å²) >= 11 is 0. The zero-order valence-corrected chi connectivity index (χ0v) is 15.9. The molecule has 1 aliphatic rings. The number of piperidine rings is 1. The highest BCUT2D eigenvalue weighted by molar-refractivity contribution is 5.94. The van der Waals surface area contributed by atoms with Crippen molar-refractivity contribution in [3.8, 4) is 0 Å². The van der Waals surface area contributed by atoms with Crippen LogP contribution in [-0.4, -0.2) is 41.6 Å². The average molecular weight is 381 g/mol. The van der Waals surface area contributed by atoms with Gasteiger partial charge in [0.05, 0.1) is 6.10 Å². The van der Waals surface area contributed by atoms with E-state index in [1.54, 1.807) is 0 Å². The van der Waals surface area contributed by atoms with Crippen LogP contribution in [0.1, 0.15) is 46.9 Å². The van der Waals surface area contributed by atoms with Crippen LogP contribution in [0.25, 0.3) is 0 Å². The third-order valence-corrected chi connectivity index (χ3v) is 4.94. The molecule has 3 N–H and O–H groups in total. The van der Waals surface area contributed by atoms with Crippen molar-refractivity contribution in [1.82, 2.24) is 15.5 Å². The predicted octanol–water partition coefficient (Wildman–Crippen LogP) is 2.85. The van der Waals surface area contributed by atoms with E-state index in [4.69, 9.17) is 0 Å². The summed E-state index contributed by atoms with van der Waals surface area (Å²) in [5, 5.41) is 15.5. The summed E-state index contributed by atoms with van der Waals surface area (Å²) in [6, 6.07) is 16.2. The fourth-order valence-corrected chi connectivity index (χ4v) is 3.27. The van der Waals surface area contributed by atoms with E-state index in [0.717, 1.165) is 37.1 Å². The van der Waals surface area contributed by atoms with Crippen molar-refractivity contribution in [2.24, 2.45) is 0 Å². The van der Waals surface area contributed by atoms with E-state index in [-0.39, 0.29) is 18.5 Å². The molecule has 1 heterocycles. The second-order valence-corrected chi connectivity index (χ2v) is 7.04. The van der Waals surface area contributed by atoms with Crippen LogP contribution in [0, 0.1) is 0 Å². The van der Waals surface area contributed by atoms with Gasteiger partial charge in [-0.05, 0) is 42.5 Å². The van der Waals surface area contributed by atoms with Gasteiger partial charge in [0, 0.05) is 31.7 Å². The van der Waals surface area contributed by atoms with E-state index in [0.29, 0.717) is 12.1 Å². The number of rotatable bonds is 6. The molecule has 3 rings (SSSR count). The highest BCUT2D eigenvalue weighted by Gasteiger charge is 2.17. The molecule has 1 fully saturated rings. The van der Waals surface area contributed by atoms with Crippen molar-refractivity contribution in [2.45, 2.75) is 31.9 Å². The Labute approximate surface area is 165 Å². The van der Waals surface area contributed by atoms with E-state index in [9.17, 15) is 14.7 Å². The lowest BCUT2D eigenvalue weighted by atomic mass is 10.1. The lowest BCUT2D eigenvalue weighted by Crippen LogP contribution is -2.37. The normalized spacial score (nSPS) is 15.0. The maximum absolute atomic E-state index is 12.5.